The highest BCUT2D eigenvalue weighted by atomic mass is 32.3. The second-order valence-corrected chi connectivity index (χ2v) is 6.15. The van der Waals surface area contributed by atoms with Crippen LogP contribution in [0.3, 0.4) is 0 Å². The molecule has 1 aliphatic heterocycles. The fourth-order valence-corrected chi connectivity index (χ4v) is 2.39. The van der Waals surface area contributed by atoms with E-state index in [0.717, 1.165) is 6.54 Å². The molecule has 0 aliphatic carbocycles. The van der Waals surface area contributed by atoms with Gasteiger partial charge >= 0.3 is 10.4 Å². The Morgan fingerprint density at radius 2 is 1.58 bits per heavy atom. The predicted octanol–water partition coefficient (Wildman–Crippen LogP) is 0.0237. The van der Waals surface area contributed by atoms with Crippen LogP contribution in [0.15, 0.2) is 12.4 Å². The van der Waals surface area contributed by atoms with Gasteiger partial charge < -0.3 is 9.80 Å². The fourth-order valence-electron chi connectivity index (χ4n) is 1.49. The summed E-state index contributed by atoms with van der Waals surface area (Å²) in [6.07, 6.45) is 3.90. The van der Waals surface area contributed by atoms with E-state index in [1.807, 2.05) is 18.0 Å². The van der Waals surface area contributed by atoms with Gasteiger partial charge in [-0.05, 0) is 13.3 Å². The fraction of sp³-hybridized carbons (Fsp3) is 0.750. The second-order valence-electron chi connectivity index (χ2n) is 3.68. The van der Waals surface area contributed by atoms with Crippen molar-refractivity contribution in [2.24, 2.45) is 0 Å². The lowest BCUT2D eigenvalue weighted by Gasteiger charge is -2.25. The second kappa shape index (κ2) is 7.05. The molecule has 0 saturated heterocycles. The van der Waals surface area contributed by atoms with Crippen molar-refractivity contribution in [1.82, 2.24) is 9.80 Å². The first-order chi connectivity index (χ1) is 8.49. The van der Waals surface area contributed by atoms with Crippen molar-refractivity contribution in [2.75, 3.05) is 13.2 Å². The van der Waals surface area contributed by atoms with Gasteiger partial charge in [-0.2, -0.15) is 16.8 Å². The molecule has 0 aromatic heterocycles. The van der Waals surface area contributed by atoms with Crippen molar-refractivity contribution in [3.05, 3.63) is 12.4 Å². The van der Waals surface area contributed by atoms with Crippen molar-refractivity contribution < 1.29 is 30.5 Å². The van der Waals surface area contributed by atoms with Crippen LogP contribution in [0.5, 0.6) is 0 Å². The molecule has 9 nitrogen and oxygen atoms in total. The number of hydrogen-bond acceptors (Lipinski definition) is 6. The number of nitrogens with zero attached hydrogens (tertiary/aromatic N) is 2. The zero-order valence-corrected chi connectivity index (χ0v) is 12.2. The van der Waals surface area contributed by atoms with Gasteiger partial charge in [-0.25, -0.2) is 0 Å². The minimum absolute atomic E-state index is 0.376. The van der Waals surface area contributed by atoms with E-state index in [2.05, 4.69) is 0 Å². The first kappa shape index (κ1) is 18.1. The lowest BCUT2D eigenvalue weighted by atomic mass is 10.4. The van der Waals surface area contributed by atoms with Crippen LogP contribution >= 0.6 is 0 Å². The number of hydrogen-bond donors (Lipinski definition) is 3. The molecule has 11 heteroatoms. The monoisotopic (exact) mass is 318 g/mol. The van der Waals surface area contributed by atoms with Gasteiger partial charge in [0, 0.05) is 18.9 Å². The summed E-state index contributed by atoms with van der Waals surface area (Å²) in [7, 11) is -8.65. The zero-order valence-electron chi connectivity index (χ0n) is 10.5. The van der Waals surface area contributed by atoms with Gasteiger partial charge in [-0.3, -0.25) is 13.7 Å². The maximum Gasteiger partial charge on any atom is 0.394 e. The van der Waals surface area contributed by atoms with Crippen molar-refractivity contribution in [3.8, 4) is 0 Å². The summed E-state index contributed by atoms with van der Waals surface area (Å²) < 4.78 is 62.6. The summed E-state index contributed by atoms with van der Waals surface area (Å²) in [6.45, 7) is 5.08. The van der Waals surface area contributed by atoms with E-state index in [-0.39, 0.29) is 0 Å². The molecule has 0 aromatic carbocycles. The molecule has 1 rings (SSSR count). The van der Waals surface area contributed by atoms with E-state index in [4.69, 9.17) is 22.1 Å². The Kier molecular flexibility index (Phi) is 6.72. The third-order valence-corrected chi connectivity index (χ3v) is 3.57. The summed E-state index contributed by atoms with van der Waals surface area (Å²) in [5.74, 6) is 0. The third-order valence-electron chi connectivity index (χ3n) is 2.28. The molecule has 0 aromatic rings. The normalized spacial score (nSPS) is 17.1. The van der Waals surface area contributed by atoms with Crippen molar-refractivity contribution in [3.63, 3.8) is 0 Å². The van der Waals surface area contributed by atoms with Crippen molar-refractivity contribution in [1.29, 1.82) is 0 Å². The van der Waals surface area contributed by atoms with Crippen LogP contribution in [0.2, 0.25) is 0 Å². The molecular weight excluding hydrogens is 300 g/mol. The summed E-state index contributed by atoms with van der Waals surface area (Å²) >= 11 is 0. The Hall–Kier alpha value is -0.880. The Bertz CT molecular complexity index is 491. The van der Waals surface area contributed by atoms with Gasteiger partial charge in [0.2, 0.25) is 0 Å². The van der Waals surface area contributed by atoms with Gasteiger partial charge in [0.05, 0.1) is 6.67 Å². The SMILES string of the molecule is CCC(N1C=CN(CC)C1)S(=O)(=O)O.O=S(=O)(O)O. The summed E-state index contributed by atoms with van der Waals surface area (Å²) in [5.41, 5.74) is 0. The van der Waals surface area contributed by atoms with Crippen LogP contribution in [-0.2, 0) is 20.5 Å². The molecule has 0 fully saturated rings. The average Bonchev–Trinajstić information content (AvgIpc) is 2.62. The lowest BCUT2D eigenvalue weighted by molar-refractivity contribution is 0.243. The Labute approximate surface area is 112 Å². The predicted molar refractivity (Wildman–Crippen MR) is 68.0 cm³/mol. The van der Waals surface area contributed by atoms with Gasteiger partial charge in [-0.1, -0.05) is 6.92 Å². The van der Waals surface area contributed by atoms with E-state index in [9.17, 15) is 8.42 Å². The standard InChI is InChI=1S/C8H16N2O3S.H2O4S/c1-3-8(14(11,12)13)10-6-5-9(4-2)7-10;1-5(2,3)4/h5-6,8H,3-4,7H2,1-2H3,(H,11,12,13);(H2,1,2,3,4). The molecule has 0 saturated carbocycles. The molecule has 0 spiro atoms. The highest BCUT2D eigenvalue weighted by Crippen LogP contribution is 2.16. The van der Waals surface area contributed by atoms with E-state index in [1.165, 1.54) is 0 Å². The molecular formula is C8H18N2O7S2. The van der Waals surface area contributed by atoms with Crippen LogP contribution in [0.25, 0.3) is 0 Å². The minimum atomic E-state index is -4.67. The Balaban J connectivity index is 0.000000555. The highest BCUT2D eigenvalue weighted by Gasteiger charge is 2.28. The quantitative estimate of drug-likeness (QED) is 0.613. The first-order valence-corrected chi connectivity index (χ1v) is 8.23. The first-order valence-electron chi connectivity index (χ1n) is 5.33. The van der Waals surface area contributed by atoms with Crippen LogP contribution in [0.1, 0.15) is 20.3 Å². The topological polar surface area (TPSA) is 135 Å². The highest BCUT2D eigenvalue weighted by molar-refractivity contribution is 7.86. The Morgan fingerprint density at radius 3 is 1.84 bits per heavy atom. The van der Waals surface area contributed by atoms with Gasteiger partial charge in [-0.15, -0.1) is 0 Å². The zero-order chi connectivity index (χ0) is 15.3. The van der Waals surface area contributed by atoms with E-state index >= 15 is 0 Å². The molecule has 1 unspecified atom stereocenters. The van der Waals surface area contributed by atoms with Crippen LogP contribution < -0.4 is 0 Å². The van der Waals surface area contributed by atoms with Crippen molar-refractivity contribution >= 4 is 20.5 Å². The average molecular weight is 318 g/mol. The molecule has 19 heavy (non-hydrogen) atoms. The van der Waals surface area contributed by atoms with Gasteiger partial charge in [0.1, 0.15) is 0 Å². The van der Waals surface area contributed by atoms with Crippen LogP contribution in [-0.4, -0.2) is 58.9 Å². The maximum atomic E-state index is 11.0. The maximum absolute atomic E-state index is 11.0. The molecule has 1 heterocycles. The minimum Gasteiger partial charge on any atom is -0.359 e. The molecule has 3 N–H and O–H groups in total. The van der Waals surface area contributed by atoms with Crippen LogP contribution in [0, 0.1) is 0 Å². The largest absolute Gasteiger partial charge is 0.394 e. The van der Waals surface area contributed by atoms with Gasteiger partial charge in [0.15, 0.2) is 5.37 Å². The van der Waals surface area contributed by atoms with Crippen molar-refractivity contribution in [2.45, 2.75) is 25.6 Å². The number of rotatable bonds is 4. The summed E-state index contributed by atoms with van der Waals surface area (Å²) in [6, 6.07) is 0. The Morgan fingerprint density at radius 1 is 1.11 bits per heavy atom. The lowest BCUT2D eigenvalue weighted by Crippen LogP contribution is -2.38. The van der Waals surface area contributed by atoms with E-state index in [1.54, 1.807) is 18.0 Å². The molecule has 1 aliphatic rings. The molecule has 0 amide bonds. The van der Waals surface area contributed by atoms with E-state index < -0.39 is 25.9 Å². The third kappa shape index (κ3) is 8.00. The van der Waals surface area contributed by atoms with Gasteiger partial charge in [0.25, 0.3) is 10.1 Å². The summed E-state index contributed by atoms with van der Waals surface area (Å²) in [4.78, 5) is 3.59. The summed E-state index contributed by atoms with van der Waals surface area (Å²) in [5, 5.41) is -0.824. The molecule has 1 atom stereocenters. The van der Waals surface area contributed by atoms with Crippen LogP contribution in [0.4, 0.5) is 0 Å². The molecule has 0 bridgehead atoms. The van der Waals surface area contributed by atoms with E-state index in [0.29, 0.717) is 13.1 Å². The smallest absolute Gasteiger partial charge is 0.359 e. The molecule has 114 valence electrons. The molecule has 0 radical (unpaired) electrons.